The lowest BCUT2D eigenvalue weighted by atomic mass is 9.94. The van der Waals surface area contributed by atoms with Gasteiger partial charge in [-0.1, -0.05) is 83.9 Å². The molecule has 0 bridgehead atoms. The van der Waals surface area contributed by atoms with E-state index in [0.717, 1.165) is 53.9 Å². The van der Waals surface area contributed by atoms with Crippen LogP contribution >= 0.6 is 11.5 Å². The molecule has 3 aromatic rings. The van der Waals surface area contributed by atoms with E-state index >= 15 is 0 Å². The maximum atomic E-state index is 13.6. The highest BCUT2D eigenvalue weighted by Gasteiger charge is 2.34. The number of hydrogen-bond donors (Lipinski definition) is 1. The molecule has 4 rings (SSSR count). The highest BCUT2D eigenvalue weighted by atomic mass is 32.1. The number of nitrogens with one attached hydrogen (secondary N) is 1. The van der Waals surface area contributed by atoms with Gasteiger partial charge >= 0.3 is 0 Å². The Morgan fingerprint density at radius 2 is 1.78 bits per heavy atom. The number of nitrogens with zero attached hydrogens (tertiary/aromatic N) is 3. The van der Waals surface area contributed by atoms with Gasteiger partial charge < -0.3 is 10.2 Å². The number of aromatic nitrogens is 2. The molecule has 2 aromatic carbocycles. The van der Waals surface area contributed by atoms with Crippen LogP contribution in [0.3, 0.4) is 0 Å². The summed E-state index contributed by atoms with van der Waals surface area (Å²) in [5.74, 6) is -0.446. The van der Waals surface area contributed by atoms with Crippen molar-refractivity contribution in [1.29, 1.82) is 0 Å². The monoisotopic (exact) mass is 448 g/mol. The third kappa shape index (κ3) is 5.40. The van der Waals surface area contributed by atoms with Crippen LogP contribution in [0.25, 0.3) is 0 Å². The van der Waals surface area contributed by atoms with Crippen molar-refractivity contribution in [3.8, 4) is 0 Å². The van der Waals surface area contributed by atoms with Gasteiger partial charge in [-0.15, -0.1) is 5.10 Å². The van der Waals surface area contributed by atoms with Crippen molar-refractivity contribution >= 4 is 23.3 Å². The lowest BCUT2D eigenvalue weighted by Gasteiger charge is -2.33. The molecule has 1 unspecified atom stereocenters. The summed E-state index contributed by atoms with van der Waals surface area (Å²) >= 11 is 1.13. The second-order valence-electron chi connectivity index (χ2n) is 8.37. The first-order valence-electron chi connectivity index (χ1n) is 11.1. The minimum atomic E-state index is -0.756. The predicted octanol–water partition coefficient (Wildman–Crippen LogP) is 4.68. The third-order valence-corrected chi connectivity index (χ3v) is 6.45. The van der Waals surface area contributed by atoms with Crippen molar-refractivity contribution in [3.63, 3.8) is 0 Å². The number of hydrogen-bond acceptors (Lipinski definition) is 5. The molecule has 1 fully saturated rings. The van der Waals surface area contributed by atoms with Crippen molar-refractivity contribution in [2.45, 2.75) is 57.7 Å². The maximum Gasteiger partial charge on any atom is 0.276 e. The fourth-order valence-electron chi connectivity index (χ4n) is 4.21. The van der Waals surface area contributed by atoms with Crippen LogP contribution in [0.4, 0.5) is 0 Å². The summed E-state index contributed by atoms with van der Waals surface area (Å²) in [6.07, 6.45) is 5.42. The minimum absolute atomic E-state index is 0.147. The zero-order valence-electron chi connectivity index (χ0n) is 18.2. The van der Waals surface area contributed by atoms with Gasteiger partial charge in [-0.25, -0.2) is 0 Å². The normalized spacial score (nSPS) is 15.2. The highest BCUT2D eigenvalue weighted by Crippen LogP contribution is 2.27. The van der Waals surface area contributed by atoms with E-state index in [-0.39, 0.29) is 23.6 Å². The molecule has 1 saturated carbocycles. The standard InChI is InChI=1S/C25H28N4O2S/c1-18-12-14-19(15-13-18)16-29(25(31)22-17-32-28-27-22)23(20-8-4-2-5-9-20)24(30)26-21-10-6-3-7-11-21/h2,4-5,8-9,12-15,17,21,23H,3,6-7,10-11,16H2,1H3,(H,26,30). The van der Waals surface area contributed by atoms with Gasteiger partial charge in [0.2, 0.25) is 5.91 Å². The average Bonchev–Trinajstić information content (AvgIpc) is 3.36. The van der Waals surface area contributed by atoms with Gasteiger partial charge in [-0.3, -0.25) is 9.59 Å². The number of carbonyl (C=O) groups is 2. The molecule has 1 N–H and O–H groups in total. The van der Waals surface area contributed by atoms with Crippen LogP contribution < -0.4 is 5.32 Å². The largest absolute Gasteiger partial charge is 0.351 e. The molecule has 0 saturated heterocycles. The van der Waals surface area contributed by atoms with Gasteiger partial charge in [-0.2, -0.15) is 0 Å². The van der Waals surface area contributed by atoms with E-state index in [0.29, 0.717) is 6.54 Å². The van der Waals surface area contributed by atoms with E-state index < -0.39 is 6.04 Å². The van der Waals surface area contributed by atoms with Crippen molar-refractivity contribution in [1.82, 2.24) is 19.8 Å². The molecule has 1 aromatic heterocycles. The van der Waals surface area contributed by atoms with Crippen LogP contribution in [0.2, 0.25) is 0 Å². The van der Waals surface area contributed by atoms with Gasteiger partial charge in [0.25, 0.3) is 5.91 Å². The third-order valence-electron chi connectivity index (χ3n) is 5.94. The smallest absolute Gasteiger partial charge is 0.276 e. The quantitative estimate of drug-likeness (QED) is 0.569. The topological polar surface area (TPSA) is 75.2 Å². The molecule has 0 spiro atoms. The fourth-order valence-corrected chi connectivity index (χ4v) is 4.64. The molecule has 1 atom stereocenters. The molecular formula is C25H28N4O2S. The summed E-state index contributed by atoms with van der Waals surface area (Å²) in [4.78, 5) is 28.8. The molecule has 6 nitrogen and oxygen atoms in total. The Morgan fingerprint density at radius 3 is 2.44 bits per heavy atom. The van der Waals surface area contributed by atoms with Gasteiger partial charge in [0.05, 0.1) is 0 Å². The van der Waals surface area contributed by atoms with E-state index in [1.807, 2.05) is 61.5 Å². The van der Waals surface area contributed by atoms with Gasteiger partial charge in [-0.05, 0) is 42.4 Å². The second kappa shape index (κ2) is 10.5. The van der Waals surface area contributed by atoms with Crippen LogP contribution in [0, 0.1) is 6.92 Å². The Balaban J connectivity index is 1.70. The Morgan fingerprint density at radius 1 is 1.06 bits per heavy atom. The zero-order chi connectivity index (χ0) is 22.3. The Labute approximate surface area is 192 Å². The molecule has 1 aliphatic carbocycles. The van der Waals surface area contributed by atoms with Crippen molar-refractivity contribution in [3.05, 3.63) is 82.4 Å². The van der Waals surface area contributed by atoms with Crippen molar-refractivity contribution in [2.75, 3.05) is 0 Å². The number of amides is 2. The summed E-state index contributed by atoms with van der Waals surface area (Å²) in [6, 6.07) is 16.9. The second-order valence-corrected chi connectivity index (χ2v) is 8.98. The number of benzene rings is 2. The first-order chi connectivity index (χ1) is 15.6. The summed E-state index contributed by atoms with van der Waals surface area (Å²) in [7, 11) is 0. The molecule has 7 heteroatoms. The van der Waals surface area contributed by atoms with Crippen molar-refractivity contribution < 1.29 is 9.59 Å². The van der Waals surface area contributed by atoms with Crippen LogP contribution in [0.15, 0.2) is 60.0 Å². The Hall–Kier alpha value is -3.06. The first-order valence-corrected chi connectivity index (χ1v) is 11.9. The lowest BCUT2D eigenvalue weighted by molar-refractivity contribution is -0.127. The van der Waals surface area contributed by atoms with Crippen LogP contribution in [0.5, 0.6) is 0 Å². The molecule has 0 aliphatic heterocycles. The maximum absolute atomic E-state index is 13.6. The van der Waals surface area contributed by atoms with E-state index in [1.165, 1.54) is 6.42 Å². The minimum Gasteiger partial charge on any atom is -0.351 e. The summed E-state index contributed by atoms with van der Waals surface area (Å²) in [5, 5.41) is 8.85. The molecule has 32 heavy (non-hydrogen) atoms. The number of carbonyl (C=O) groups excluding carboxylic acids is 2. The van der Waals surface area contributed by atoms with Crippen LogP contribution in [0.1, 0.15) is 65.3 Å². The van der Waals surface area contributed by atoms with E-state index in [1.54, 1.807) is 10.3 Å². The first kappa shape index (κ1) is 22.1. The Bertz CT molecular complexity index is 1020. The molecule has 0 radical (unpaired) electrons. The molecule has 166 valence electrons. The van der Waals surface area contributed by atoms with Gasteiger partial charge in [0.1, 0.15) is 6.04 Å². The SMILES string of the molecule is Cc1ccc(CN(C(=O)c2csnn2)C(C(=O)NC2CCCCC2)c2ccccc2)cc1. The van der Waals surface area contributed by atoms with Gasteiger partial charge in [0.15, 0.2) is 5.69 Å². The van der Waals surface area contributed by atoms with Gasteiger partial charge in [0, 0.05) is 18.0 Å². The average molecular weight is 449 g/mol. The summed E-state index contributed by atoms with van der Waals surface area (Å²) < 4.78 is 3.86. The zero-order valence-corrected chi connectivity index (χ0v) is 19.1. The van der Waals surface area contributed by atoms with E-state index in [2.05, 4.69) is 14.9 Å². The Kier molecular flexibility index (Phi) is 7.27. The molecule has 2 amide bonds. The lowest BCUT2D eigenvalue weighted by Crippen LogP contribution is -2.47. The van der Waals surface area contributed by atoms with Crippen LogP contribution in [-0.2, 0) is 11.3 Å². The molecular weight excluding hydrogens is 420 g/mol. The number of rotatable bonds is 7. The van der Waals surface area contributed by atoms with Crippen LogP contribution in [-0.4, -0.2) is 32.3 Å². The summed E-state index contributed by atoms with van der Waals surface area (Å²) in [6.45, 7) is 2.33. The van der Waals surface area contributed by atoms with Crippen molar-refractivity contribution in [2.24, 2.45) is 0 Å². The molecule has 1 aliphatic rings. The summed E-state index contributed by atoms with van der Waals surface area (Å²) in [5.41, 5.74) is 3.14. The molecule has 1 heterocycles. The van der Waals surface area contributed by atoms with E-state index in [4.69, 9.17) is 0 Å². The number of aryl methyl sites for hydroxylation is 1. The highest BCUT2D eigenvalue weighted by molar-refractivity contribution is 7.03. The predicted molar refractivity (Wildman–Crippen MR) is 125 cm³/mol. The van der Waals surface area contributed by atoms with E-state index in [9.17, 15) is 9.59 Å². The fraction of sp³-hybridized carbons (Fsp3) is 0.360.